The van der Waals surface area contributed by atoms with Crippen LogP contribution in [0.1, 0.15) is 77.6 Å². The van der Waals surface area contributed by atoms with E-state index >= 15 is 0 Å². The predicted octanol–water partition coefficient (Wildman–Crippen LogP) is 5.17. The molecule has 88 valence electrons. The van der Waals surface area contributed by atoms with Gasteiger partial charge in [0.2, 0.25) is 0 Å². The Morgan fingerprint density at radius 2 is 1.67 bits per heavy atom. The van der Waals surface area contributed by atoms with Crippen molar-refractivity contribution in [3.05, 3.63) is 0 Å². The summed E-state index contributed by atoms with van der Waals surface area (Å²) in [6, 6.07) is 0. The van der Waals surface area contributed by atoms with Gasteiger partial charge in [0.05, 0.1) is 0 Å². The van der Waals surface area contributed by atoms with Gasteiger partial charge in [0.15, 0.2) is 0 Å². The van der Waals surface area contributed by atoms with Gasteiger partial charge in [-0.3, -0.25) is 0 Å². The molecule has 15 heavy (non-hydrogen) atoms. The van der Waals surface area contributed by atoms with Crippen LogP contribution in [0, 0.1) is 17.8 Å². The second-order valence-corrected chi connectivity index (χ2v) is 5.98. The summed E-state index contributed by atoms with van der Waals surface area (Å²) in [5.41, 5.74) is 0. The third-order valence-electron chi connectivity index (χ3n) is 4.86. The maximum Gasteiger partial charge on any atom is -0.0383 e. The molecule has 0 spiro atoms. The van der Waals surface area contributed by atoms with E-state index in [1.54, 1.807) is 32.1 Å². The predicted molar refractivity (Wildman–Crippen MR) is 66.9 cm³/mol. The van der Waals surface area contributed by atoms with Crippen molar-refractivity contribution in [1.29, 1.82) is 0 Å². The average molecular weight is 208 g/mol. The van der Waals surface area contributed by atoms with Crippen LogP contribution >= 0.6 is 0 Å². The van der Waals surface area contributed by atoms with E-state index in [-0.39, 0.29) is 0 Å². The second kappa shape index (κ2) is 5.92. The zero-order chi connectivity index (χ0) is 10.5. The largest absolute Gasteiger partial charge is 0.0654 e. The summed E-state index contributed by atoms with van der Waals surface area (Å²) in [4.78, 5) is 0. The van der Waals surface area contributed by atoms with Crippen LogP contribution in [0.3, 0.4) is 0 Å². The van der Waals surface area contributed by atoms with E-state index in [1.165, 1.54) is 38.5 Å². The fourth-order valence-corrected chi connectivity index (χ4v) is 3.92. The Balaban J connectivity index is 1.71. The van der Waals surface area contributed by atoms with E-state index in [2.05, 4.69) is 6.92 Å². The SMILES string of the molecule is CCCCCC1CCC2CCCCC2C1. The van der Waals surface area contributed by atoms with Crippen molar-refractivity contribution in [2.45, 2.75) is 77.6 Å². The molecular formula is C15H28. The van der Waals surface area contributed by atoms with Crippen LogP contribution in [0.5, 0.6) is 0 Å². The molecule has 2 fully saturated rings. The molecule has 0 aromatic carbocycles. The molecule has 3 atom stereocenters. The van der Waals surface area contributed by atoms with Gasteiger partial charge >= 0.3 is 0 Å². The van der Waals surface area contributed by atoms with Crippen molar-refractivity contribution in [2.24, 2.45) is 17.8 Å². The molecule has 0 aliphatic heterocycles. The highest BCUT2D eigenvalue weighted by molar-refractivity contribution is 4.83. The first kappa shape index (κ1) is 11.5. The van der Waals surface area contributed by atoms with E-state index in [1.807, 2.05) is 0 Å². The number of unbranched alkanes of at least 4 members (excludes halogenated alkanes) is 2. The molecule has 0 saturated heterocycles. The lowest BCUT2D eigenvalue weighted by atomic mass is 9.67. The molecule has 0 aromatic rings. The minimum absolute atomic E-state index is 1.11. The fraction of sp³-hybridized carbons (Fsp3) is 1.00. The van der Waals surface area contributed by atoms with Gasteiger partial charge in [-0.1, -0.05) is 64.7 Å². The standard InChI is InChI=1S/C15H28/c1-2-3-4-7-13-10-11-14-8-5-6-9-15(14)12-13/h13-15H,2-12H2,1H3. The average Bonchev–Trinajstić information content (AvgIpc) is 2.29. The van der Waals surface area contributed by atoms with Gasteiger partial charge in [-0.25, -0.2) is 0 Å². The van der Waals surface area contributed by atoms with Crippen molar-refractivity contribution in [3.8, 4) is 0 Å². The van der Waals surface area contributed by atoms with Crippen molar-refractivity contribution >= 4 is 0 Å². The van der Waals surface area contributed by atoms with Crippen LogP contribution in [0.2, 0.25) is 0 Å². The van der Waals surface area contributed by atoms with Crippen molar-refractivity contribution in [1.82, 2.24) is 0 Å². The quantitative estimate of drug-likeness (QED) is 0.559. The molecule has 0 heterocycles. The first-order chi connectivity index (χ1) is 7.40. The van der Waals surface area contributed by atoms with Gasteiger partial charge in [0, 0.05) is 0 Å². The summed E-state index contributed by atoms with van der Waals surface area (Å²) in [5, 5.41) is 0. The molecule has 3 unspecified atom stereocenters. The van der Waals surface area contributed by atoms with Crippen LogP contribution < -0.4 is 0 Å². The van der Waals surface area contributed by atoms with Gasteiger partial charge in [0.1, 0.15) is 0 Å². The lowest BCUT2D eigenvalue weighted by Gasteiger charge is -2.39. The molecular weight excluding hydrogens is 180 g/mol. The zero-order valence-corrected chi connectivity index (χ0v) is 10.5. The second-order valence-electron chi connectivity index (χ2n) is 5.98. The Hall–Kier alpha value is 0. The summed E-state index contributed by atoms with van der Waals surface area (Å²) < 4.78 is 0. The first-order valence-corrected chi connectivity index (χ1v) is 7.40. The Morgan fingerprint density at radius 1 is 0.867 bits per heavy atom. The minimum atomic E-state index is 1.11. The van der Waals surface area contributed by atoms with Crippen molar-refractivity contribution < 1.29 is 0 Å². The number of hydrogen-bond donors (Lipinski definition) is 0. The summed E-state index contributed by atoms with van der Waals surface area (Å²) in [5.74, 6) is 3.39. The molecule has 0 amide bonds. The Labute approximate surface area is 95.8 Å². The van der Waals surface area contributed by atoms with Gasteiger partial charge in [-0.05, 0) is 30.6 Å². The van der Waals surface area contributed by atoms with Crippen LogP contribution in [-0.2, 0) is 0 Å². The summed E-state index contributed by atoms with van der Waals surface area (Å²) >= 11 is 0. The lowest BCUT2D eigenvalue weighted by molar-refractivity contribution is 0.124. The lowest BCUT2D eigenvalue weighted by Crippen LogP contribution is -2.27. The number of hydrogen-bond acceptors (Lipinski definition) is 0. The highest BCUT2D eigenvalue weighted by atomic mass is 14.4. The van der Waals surface area contributed by atoms with Crippen LogP contribution in [-0.4, -0.2) is 0 Å². The highest BCUT2D eigenvalue weighted by Crippen LogP contribution is 2.43. The number of rotatable bonds is 4. The highest BCUT2D eigenvalue weighted by Gasteiger charge is 2.31. The van der Waals surface area contributed by atoms with E-state index in [0.717, 1.165) is 17.8 Å². The molecule has 0 radical (unpaired) electrons. The third-order valence-corrected chi connectivity index (χ3v) is 4.86. The van der Waals surface area contributed by atoms with E-state index in [0.29, 0.717) is 0 Å². The molecule has 0 N–H and O–H groups in total. The molecule has 0 heteroatoms. The third kappa shape index (κ3) is 3.23. The van der Waals surface area contributed by atoms with Gasteiger partial charge < -0.3 is 0 Å². The Bertz CT molecular complexity index is 171. The minimum Gasteiger partial charge on any atom is -0.0654 e. The van der Waals surface area contributed by atoms with Gasteiger partial charge in [-0.15, -0.1) is 0 Å². The van der Waals surface area contributed by atoms with Crippen LogP contribution in [0.25, 0.3) is 0 Å². The summed E-state index contributed by atoms with van der Waals surface area (Å²) in [7, 11) is 0. The van der Waals surface area contributed by atoms with E-state index in [9.17, 15) is 0 Å². The van der Waals surface area contributed by atoms with Gasteiger partial charge in [-0.2, -0.15) is 0 Å². The smallest absolute Gasteiger partial charge is 0.0383 e. The van der Waals surface area contributed by atoms with Crippen LogP contribution in [0.4, 0.5) is 0 Å². The fourth-order valence-electron chi connectivity index (χ4n) is 3.92. The van der Waals surface area contributed by atoms with E-state index in [4.69, 9.17) is 0 Å². The molecule has 0 nitrogen and oxygen atoms in total. The zero-order valence-electron chi connectivity index (χ0n) is 10.5. The monoisotopic (exact) mass is 208 g/mol. The Morgan fingerprint density at radius 3 is 2.47 bits per heavy atom. The topological polar surface area (TPSA) is 0 Å². The Kier molecular flexibility index (Phi) is 4.53. The summed E-state index contributed by atoms with van der Waals surface area (Å²) in [6.07, 6.45) is 16.8. The maximum atomic E-state index is 2.32. The molecule has 2 aliphatic carbocycles. The molecule has 0 bridgehead atoms. The van der Waals surface area contributed by atoms with Crippen molar-refractivity contribution in [2.75, 3.05) is 0 Å². The summed E-state index contributed by atoms with van der Waals surface area (Å²) in [6.45, 7) is 2.32. The maximum absolute atomic E-state index is 2.32. The van der Waals surface area contributed by atoms with E-state index < -0.39 is 0 Å². The van der Waals surface area contributed by atoms with Crippen molar-refractivity contribution in [3.63, 3.8) is 0 Å². The van der Waals surface area contributed by atoms with Crippen LogP contribution in [0.15, 0.2) is 0 Å². The van der Waals surface area contributed by atoms with Gasteiger partial charge in [0.25, 0.3) is 0 Å². The molecule has 2 aliphatic rings. The normalized spacial score (nSPS) is 36.2. The molecule has 0 aromatic heterocycles. The number of fused-ring (bicyclic) bond motifs is 1. The molecule has 2 rings (SSSR count). The molecule has 2 saturated carbocycles. The first-order valence-electron chi connectivity index (χ1n) is 7.40.